The van der Waals surface area contributed by atoms with Crippen molar-refractivity contribution in [2.45, 2.75) is 32.7 Å². The van der Waals surface area contributed by atoms with Gasteiger partial charge in [-0.3, -0.25) is 9.20 Å². The molecule has 1 amide bonds. The number of methoxy groups -OCH3 is 1. The molecule has 1 aliphatic rings. The van der Waals surface area contributed by atoms with Crippen LogP contribution in [0.15, 0.2) is 30.6 Å². The Labute approximate surface area is 156 Å². The highest BCUT2D eigenvalue weighted by Gasteiger charge is 2.30. The SMILES string of the molecule is COc1cc(F)cc(-c2cc(C)n3cnc(C(=O)NC(C)C4CC4)c3n2)c1. The van der Waals surface area contributed by atoms with E-state index >= 15 is 0 Å². The summed E-state index contributed by atoms with van der Waals surface area (Å²) < 4.78 is 20.8. The molecular formula is C20H21FN4O2. The highest BCUT2D eigenvalue weighted by atomic mass is 19.1. The van der Waals surface area contributed by atoms with E-state index in [0.29, 0.717) is 28.6 Å². The van der Waals surface area contributed by atoms with Gasteiger partial charge < -0.3 is 10.1 Å². The average Bonchev–Trinajstić information content (AvgIpc) is 3.40. The fraction of sp³-hybridized carbons (Fsp3) is 0.350. The molecule has 1 aromatic carbocycles. The molecule has 0 bridgehead atoms. The minimum absolute atomic E-state index is 0.117. The topological polar surface area (TPSA) is 68.5 Å². The Balaban J connectivity index is 1.75. The standard InChI is InChI=1S/C20H21FN4O2/c1-11-6-17(14-7-15(21)9-16(8-14)27-3)24-19-18(22-10-25(11)19)20(26)23-12(2)13-4-5-13/h6-10,12-13H,4-5H2,1-3H3,(H,23,26). The molecule has 4 rings (SSSR count). The second-order valence-electron chi connectivity index (χ2n) is 7.05. The molecule has 0 saturated heterocycles. The third-order valence-electron chi connectivity index (χ3n) is 5.00. The van der Waals surface area contributed by atoms with Gasteiger partial charge >= 0.3 is 0 Å². The highest BCUT2D eigenvalue weighted by molar-refractivity contribution is 5.98. The molecule has 2 aromatic heterocycles. The monoisotopic (exact) mass is 368 g/mol. The Morgan fingerprint density at radius 3 is 2.81 bits per heavy atom. The lowest BCUT2D eigenvalue weighted by Gasteiger charge is -2.12. The number of aromatic nitrogens is 3. The molecule has 7 heteroatoms. The lowest BCUT2D eigenvalue weighted by molar-refractivity contribution is 0.0933. The number of aryl methyl sites for hydroxylation is 1. The number of amides is 1. The molecule has 1 aliphatic carbocycles. The summed E-state index contributed by atoms with van der Waals surface area (Å²) in [5.74, 6) is 0.313. The number of nitrogens with one attached hydrogen (secondary N) is 1. The van der Waals surface area contributed by atoms with Gasteiger partial charge in [-0.25, -0.2) is 14.4 Å². The van der Waals surface area contributed by atoms with Crippen molar-refractivity contribution in [2.75, 3.05) is 7.11 Å². The maximum absolute atomic E-state index is 13.9. The number of hydrogen-bond donors (Lipinski definition) is 1. The maximum Gasteiger partial charge on any atom is 0.274 e. The van der Waals surface area contributed by atoms with Gasteiger partial charge in [0.15, 0.2) is 11.3 Å². The molecular weight excluding hydrogens is 347 g/mol. The summed E-state index contributed by atoms with van der Waals surface area (Å²) in [6, 6.07) is 6.37. The molecule has 1 fully saturated rings. The zero-order chi connectivity index (χ0) is 19.1. The molecule has 2 heterocycles. The quantitative estimate of drug-likeness (QED) is 0.750. The Morgan fingerprint density at radius 1 is 1.33 bits per heavy atom. The number of carbonyl (C=O) groups is 1. The van der Waals surface area contributed by atoms with Crippen LogP contribution in [-0.2, 0) is 0 Å². The first kappa shape index (κ1) is 17.5. The van der Waals surface area contributed by atoms with Crippen LogP contribution < -0.4 is 10.1 Å². The van der Waals surface area contributed by atoms with Crippen LogP contribution in [0, 0.1) is 18.7 Å². The third-order valence-corrected chi connectivity index (χ3v) is 5.00. The molecule has 0 aliphatic heterocycles. The number of rotatable bonds is 5. The van der Waals surface area contributed by atoms with E-state index in [1.54, 1.807) is 16.8 Å². The molecule has 27 heavy (non-hydrogen) atoms. The Morgan fingerprint density at radius 2 is 2.11 bits per heavy atom. The number of imidazole rings is 1. The molecule has 1 atom stereocenters. The number of benzene rings is 1. The van der Waals surface area contributed by atoms with Gasteiger partial charge in [0.1, 0.15) is 17.9 Å². The van der Waals surface area contributed by atoms with E-state index in [4.69, 9.17) is 4.74 Å². The fourth-order valence-electron chi connectivity index (χ4n) is 3.25. The molecule has 1 unspecified atom stereocenters. The van der Waals surface area contributed by atoms with Crippen molar-refractivity contribution in [1.29, 1.82) is 0 Å². The van der Waals surface area contributed by atoms with Crippen molar-refractivity contribution < 1.29 is 13.9 Å². The van der Waals surface area contributed by atoms with Crippen molar-refractivity contribution in [1.82, 2.24) is 19.7 Å². The van der Waals surface area contributed by atoms with Crippen molar-refractivity contribution in [3.05, 3.63) is 47.8 Å². The number of hydrogen-bond acceptors (Lipinski definition) is 4. The van der Waals surface area contributed by atoms with Crippen molar-refractivity contribution in [3.8, 4) is 17.0 Å². The third kappa shape index (κ3) is 3.37. The molecule has 6 nitrogen and oxygen atoms in total. The van der Waals surface area contributed by atoms with Crippen LogP contribution in [-0.4, -0.2) is 33.4 Å². The maximum atomic E-state index is 13.9. The summed E-state index contributed by atoms with van der Waals surface area (Å²) in [5.41, 5.74) is 2.71. The van der Waals surface area contributed by atoms with E-state index in [2.05, 4.69) is 15.3 Å². The number of fused-ring (bicyclic) bond motifs is 1. The van der Waals surface area contributed by atoms with Crippen molar-refractivity contribution in [2.24, 2.45) is 5.92 Å². The first-order chi connectivity index (χ1) is 13.0. The Kier molecular flexibility index (Phi) is 4.30. The van der Waals surface area contributed by atoms with Gasteiger partial charge in [-0.05, 0) is 50.8 Å². The summed E-state index contributed by atoms with van der Waals surface area (Å²) in [6.45, 7) is 3.90. The van der Waals surface area contributed by atoms with Gasteiger partial charge in [-0.15, -0.1) is 0 Å². The van der Waals surface area contributed by atoms with E-state index in [1.165, 1.54) is 19.2 Å². The van der Waals surface area contributed by atoms with E-state index in [9.17, 15) is 9.18 Å². The number of halogens is 1. The molecule has 0 radical (unpaired) electrons. The van der Waals surface area contributed by atoms with E-state index in [0.717, 1.165) is 18.5 Å². The van der Waals surface area contributed by atoms with E-state index in [1.807, 2.05) is 19.9 Å². The highest BCUT2D eigenvalue weighted by Crippen LogP contribution is 2.32. The summed E-state index contributed by atoms with van der Waals surface area (Å²) in [5, 5.41) is 3.01. The summed E-state index contributed by atoms with van der Waals surface area (Å²) in [7, 11) is 1.49. The molecule has 1 saturated carbocycles. The lowest BCUT2D eigenvalue weighted by Crippen LogP contribution is -2.34. The van der Waals surface area contributed by atoms with Crippen LogP contribution in [0.4, 0.5) is 4.39 Å². The minimum atomic E-state index is -0.409. The van der Waals surface area contributed by atoms with Crippen LogP contribution in [0.5, 0.6) is 5.75 Å². The largest absolute Gasteiger partial charge is 0.497 e. The zero-order valence-electron chi connectivity index (χ0n) is 15.5. The van der Waals surface area contributed by atoms with Gasteiger partial charge in [0, 0.05) is 23.4 Å². The van der Waals surface area contributed by atoms with Gasteiger partial charge in [-0.2, -0.15) is 0 Å². The van der Waals surface area contributed by atoms with Gasteiger partial charge in [0.2, 0.25) is 0 Å². The number of ether oxygens (including phenoxy) is 1. The van der Waals surface area contributed by atoms with E-state index in [-0.39, 0.29) is 17.6 Å². The Hall–Kier alpha value is -2.96. The average molecular weight is 368 g/mol. The van der Waals surface area contributed by atoms with Gasteiger partial charge in [-0.1, -0.05) is 0 Å². The molecule has 1 N–H and O–H groups in total. The summed E-state index contributed by atoms with van der Waals surface area (Å²) in [4.78, 5) is 21.5. The zero-order valence-corrected chi connectivity index (χ0v) is 15.5. The second-order valence-corrected chi connectivity index (χ2v) is 7.05. The smallest absolute Gasteiger partial charge is 0.274 e. The van der Waals surface area contributed by atoms with Crippen LogP contribution >= 0.6 is 0 Å². The van der Waals surface area contributed by atoms with Crippen LogP contribution in [0.3, 0.4) is 0 Å². The minimum Gasteiger partial charge on any atom is -0.497 e. The fourth-order valence-corrected chi connectivity index (χ4v) is 3.25. The lowest BCUT2D eigenvalue weighted by atomic mass is 10.1. The van der Waals surface area contributed by atoms with Crippen molar-refractivity contribution >= 4 is 11.6 Å². The predicted octanol–water partition coefficient (Wildman–Crippen LogP) is 3.38. The van der Waals surface area contributed by atoms with Crippen LogP contribution in [0.2, 0.25) is 0 Å². The molecule has 0 spiro atoms. The van der Waals surface area contributed by atoms with Crippen LogP contribution in [0.25, 0.3) is 16.9 Å². The first-order valence-electron chi connectivity index (χ1n) is 8.97. The number of nitrogens with zero attached hydrogens (tertiary/aromatic N) is 3. The van der Waals surface area contributed by atoms with E-state index < -0.39 is 5.82 Å². The molecule has 3 aromatic rings. The van der Waals surface area contributed by atoms with Crippen LogP contribution in [0.1, 0.15) is 35.9 Å². The summed E-state index contributed by atoms with van der Waals surface area (Å²) >= 11 is 0. The number of carbonyl (C=O) groups excluding carboxylic acids is 1. The Bertz CT molecular complexity index is 1030. The molecule has 140 valence electrons. The van der Waals surface area contributed by atoms with Gasteiger partial charge in [0.25, 0.3) is 5.91 Å². The normalized spacial score (nSPS) is 15.0. The summed E-state index contributed by atoms with van der Waals surface area (Å²) in [6.07, 6.45) is 3.88. The second kappa shape index (κ2) is 6.64. The predicted molar refractivity (Wildman–Crippen MR) is 99.3 cm³/mol. The van der Waals surface area contributed by atoms with Gasteiger partial charge in [0.05, 0.1) is 12.8 Å². The van der Waals surface area contributed by atoms with Crippen molar-refractivity contribution in [3.63, 3.8) is 0 Å². The first-order valence-corrected chi connectivity index (χ1v) is 8.97.